The molecule has 5 heteroatoms. The summed E-state index contributed by atoms with van der Waals surface area (Å²) in [5.74, 6) is 0.957. The lowest BCUT2D eigenvalue weighted by Crippen LogP contribution is -2.39. The van der Waals surface area contributed by atoms with E-state index in [1.165, 1.54) is 12.8 Å². The van der Waals surface area contributed by atoms with Crippen LogP contribution in [-0.4, -0.2) is 23.9 Å². The van der Waals surface area contributed by atoms with E-state index >= 15 is 0 Å². The summed E-state index contributed by atoms with van der Waals surface area (Å²) < 4.78 is 0. The number of hydrogen-bond donors (Lipinski definition) is 3. The summed E-state index contributed by atoms with van der Waals surface area (Å²) in [6.45, 7) is 0.518. The third kappa shape index (κ3) is 4.26. The number of benzene rings is 1. The van der Waals surface area contributed by atoms with Gasteiger partial charge in [0.25, 0.3) is 0 Å². The lowest BCUT2D eigenvalue weighted by molar-refractivity contribution is -0.123. The average molecular weight is 355 g/mol. The van der Waals surface area contributed by atoms with Gasteiger partial charge in [-0.15, -0.1) is 0 Å². The van der Waals surface area contributed by atoms with Gasteiger partial charge in [0, 0.05) is 36.7 Å². The first-order valence-electron chi connectivity index (χ1n) is 10.1. The fourth-order valence-corrected chi connectivity index (χ4v) is 4.55. The predicted octanol–water partition coefficient (Wildman–Crippen LogP) is 2.96. The molecule has 4 rings (SSSR count). The molecule has 140 valence electrons. The van der Waals surface area contributed by atoms with E-state index in [1.807, 2.05) is 24.3 Å². The highest BCUT2D eigenvalue weighted by Gasteiger charge is 2.34. The molecule has 1 aromatic rings. The monoisotopic (exact) mass is 355 g/mol. The maximum atomic E-state index is 12.3. The topological polar surface area (TPSA) is 70.2 Å². The highest BCUT2D eigenvalue weighted by molar-refractivity contribution is 5.93. The van der Waals surface area contributed by atoms with Crippen LogP contribution in [0.1, 0.15) is 56.9 Å². The van der Waals surface area contributed by atoms with Gasteiger partial charge in [0.1, 0.15) is 0 Å². The Balaban J connectivity index is 1.24. The van der Waals surface area contributed by atoms with Gasteiger partial charge < -0.3 is 16.0 Å². The number of fused-ring (bicyclic) bond motifs is 2. The van der Waals surface area contributed by atoms with Crippen LogP contribution in [0.3, 0.4) is 0 Å². The molecule has 3 aliphatic rings. The van der Waals surface area contributed by atoms with Gasteiger partial charge >= 0.3 is 0 Å². The zero-order valence-corrected chi connectivity index (χ0v) is 15.3. The van der Waals surface area contributed by atoms with Gasteiger partial charge in [0.15, 0.2) is 0 Å². The second-order valence-electron chi connectivity index (χ2n) is 8.27. The van der Waals surface area contributed by atoms with Crippen LogP contribution in [0.15, 0.2) is 24.3 Å². The third-order valence-electron chi connectivity index (χ3n) is 6.20. The van der Waals surface area contributed by atoms with Gasteiger partial charge in [-0.2, -0.15) is 0 Å². The molecule has 2 aliphatic heterocycles. The standard InChI is InChI=1S/C21H29N3O2/c25-20(12-15-10-18-7-8-19(11-15)23-18)22-13-14-3-1-6-17(9-14)24-21(26)16-4-2-5-16/h1,3,6,9,15-16,18-19,23H,2,4-5,7-8,10-13H2,(H,22,25)(H,24,26). The van der Waals surface area contributed by atoms with Gasteiger partial charge in [0.2, 0.25) is 11.8 Å². The molecule has 0 spiro atoms. The number of anilines is 1. The molecule has 2 atom stereocenters. The molecule has 2 bridgehead atoms. The Morgan fingerprint density at radius 1 is 1.08 bits per heavy atom. The first-order valence-corrected chi connectivity index (χ1v) is 10.1. The van der Waals surface area contributed by atoms with Crippen LogP contribution in [0, 0.1) is 11.8 Å². The Hall–Kier alpha value is -1.88. The van der Waals surface area contributed by atoms with E-state index in [2.05, 4.69) is 16.0 Å². The number of carbonyl (C=O) groups is 2. The third-order valence-corrected chi connectivity index (χ3v) is 6.20. The first kappa shape index (κ1) is 17.5. The normalized spacial score (nSPS) is 27.6. The van der Waals surface area contributed by atoms with Gasteiger partial charge in [-0.25, -0.2) is 0 Å². The zero-order valence-electron chi connectivity index (χ0n) is 15.3. The molecule has 2 unspecified atom stereocenters. The van der Waals surface area contributed by atoms with E-state index in [-0.39, 0.29) is 17.7 Å². The molecule has 3 fully saturated rings. The zero-order chi connectivity index (χ0) is 17.9. The van der Waals surface area contributed by atoms with Crippen molar-refractivity contribution in [2.75, 3.05) is 5.32 Å². The Morgan fingerprint density at radius 3 is 2.54 bits per heavy atom. The van der Waals surface area contributed by atoms with Crippen molar-refractivity contribution >= 4 is 17.5 Å². The number of nitrogens with one attached hydrogen (secondary N) is 3. The van der Waals surface area contributed by atoms with Crippen molar-refractivity contribution in [1.29, 1.82) is 0 Å². The second-order valence-corrected chi connectivity index (χ2v) is 8.27. The maximum absolute atomic E-state index is 12.3. The molecule has 0 aromatic heterocycles. The predicted molar refractivity (Wildman–Crippen MR) is 102 cm³/mol. The summed E-state index contributed by atoms with van der Waals surface area (Å²) in [6, 6.07) is 9.05. The lowest BCUT2D eigenvalue weighted by Gasteiger charge is -2.28. The molecule has 2 heterocycles. The minimum Gasteiger partial charge on any atom is -0.352 e. The van der Waals surface area contributed by atoms with Gasteiger partial charge in [-0.3, -0.25) is 9.59 Å². The van der Waals surface area contributed by atoms with E-state index in [4.69, 9.17) is 0 Å². The quantitative estimate of drug-likeness (QED) is 0.735. The lowest BCUT2D eigenvalue weighted by atomic mass is 9.85. The summed E-state index contributed by atoms with van der Waals surface area (Å²) in [6.07, 6.45) is 8.58. The molecule has 3 N–H and O–H groups in total. The van der Waals surface area contributed by atoms with Crippen molar-refractivity contribution in [1.82, 2.24) is 10.6 Å². The number of piperidine rings is 1. The Bertz CT molecular complexity index is 659. The van der Waals surface area contributed by atoms with E-state index in [0.717, 1.165) is 43.4 Å². The van der Waals surface area contributed by atoms with Crippen molar-refractivity contribution in [3.05, 3.63) is 29.8 Å². The Morgan fingerprint density at radius 2 is 1.85 bits per heavy atom. The van der Waals surface area contributed by atoms with Crippen molar-refractivity contribution in [3.63, 3.8) is 0 Å². The summed E-state index contributed by atoms with van der Waals surface area (Å²) in [7, 11) is 0. The van der Waals surface area contributed by atoms with E-state index in [9.17, 15) is 9.59 Å². The summed E-state index contributed by atoms with van der Waals surface area (Å²) >= 11 is 0. The van der Waals surface area contributed by atoms with Crippen LogP contribution in [0.25, 0.3) is 0 Å². The highest BCUT2D eigenvalue weighted by atomic mass is 16.2. The molecular formula is C21H29N3O2. The number of hydrogen-bond acceptors (Lipinski definition) is 3. The van der Waals surface area contributed by atoms with Crippen LogP contribution in [0.4, 0.5) is 5.69 Å². The van der Waals surface area contributed by atoms with Crippen LogP contribution in [0.5, 0.6) is 0 Å². The molecular weight excluding hydrogens is 326 g/mol. The minimum atomic E-state index is 0.123. The molecule has 26 heavy (non-hydrogen) atoms. The molecule has 0 radical (unpaired) electrons. The van der Waals surface area contributed by atoms with E-state index in [1.54, 1.807) is 0 Å². The minimum absolute atomic E-state index is 0.123. The van der Waals surface area contributed by atoms with Gasteiger partial charge in [-0.1, -0.05) is 18.6 Å². The highest BCUT2D eigenvalue weighted by Crippen LogP contribution is 2.32. The van der Waals surface area contributed by atoms with Crippen LogP contribution in [0.2, 0.25) is 0 Å². The smallest absolute Gasteiger partial charge is 0.227 e. The number of carbonyl (C=O) groups excluding carboxylic acids is 2. The molecule has 1 aliphatic carbocycles. The van der Waals surface area contributed by atoms with E-state index < -0.39 is 0 Å². The summed E-state index contributed by atoms with van der Waals surface area (Å²) in [5.41, 5.74) is 1.85. The first-order chi connectivity index (χ1) is 12.7. The fourth-order valence-electron chi connectivity index (χ4n) is 4.55. The van der Waals surface area contributed by atoms with Crippen molar-refractivity contribution in [3.8, 4) is 0 Å². The average Bonchev–Trinajstić information content (AvgIpc) is 2.90. The van der Waals surface area contributed by atoms with Gasteiger partial charge in [0.05, 0.1) is 0 Å². The molecule has 1 aromatic carbocycles. The SMILES string of the molecule is O=C(CC1CC2CCC(C1)N2)NCc1cccc(NC(=O)C2CCC2)c1. The summed E-state index contributed by atoms with van der Waals surface area (Å²) in [5, 5.41) is 9.67. The number of amides is 2. The second kappa shape index (κ2) is 7.78. The van der Waals surface area contributed by atoms with Crippen LogP contribution < -0.4 is 16.0 Å². The van der Waals surface area contributed by atoms with Gasteiger partial charge in [-0.05, 0) is 62.1 Å². The molecule has 5 nitrogen and oxygen atoms in total. The van der Waals surface area contributed by atoms with Crippen LogP contribution in [-0.2, 0) is 16.1 Å². The summed E-state index contributed by atoms with van der Waals surface area (Å²) in [4.78, 5) is 24.4. The van der Waals surface area contributed by atoms with Crippen molar-refractivity contribution < 1.29 is 9.59 Å². The van der Waals surface area contributed by atoms with E-state index in [0.29, 0.717) is 31.0 Å². The Labute approximate surface area is 155 Å². The fraction of sp³-hybridized carbons (Fsp3) is 0.619. The van der Waals surface area contributed by atoms with Crippen LogP contribution >= 0.6 is 0 Å². The van der Waals surface area contributed by atoms with Crippen molar-refractivity contribution in [2.24, 2.45) is 11.8 Å². The number of rotatable bonds is 6. The molecule has 1 saturated carbocycles. The van der Waals surface area contributed by atoms with Crippen molar-refractivity contribution in [2.45, 2.75) is 70.0 Å². The molecule has 2 amide bonds. The maximum Gasteiger partial charge on any atom is 0.227 e. The molecule has 2 saturated heterocycles. The Kier molecular flexibility index (Phi) is 5.25. The largest absolute Gasteiger partial charge is 0.352 e.